The van der Waals surface area contributed by atoms with Crippen LogP contribution >= 0.6 is 8.45 Å². The van der Waals surface area contributed by atoms with Crippen LogP contribution in [0.2, 0.25) is 0 Å². The molecule has 2 rings (SSSR count). The zero-order chi connectivity index (χ0) is 13.0. The first-order valence-corrected chi connectivity index (χ1v) is 7.91. The highest BCUT2D eigenvalue weighted by Crippen LogP contribution is 2.51. The van der Waals surface area contributed by atoms with Crippen LogP contribution in [0.3, 0.4) is 0 Å². The predicted octanol–water partition coefficient (Wildman–Crippen LogP) is 3.48. The summed E-state index contributed by atoms with van der Waals surface area (Å²) >= 11 is 0. The molecule has 0 bridgehead atoms. The fraction of sp³-hybridized carbons (Fsp3) is 0.571. The molecule has 0 aliphatic carbocycles. The molecule has 1 aromatic rings. The van der Waals surface area contributed by atoms with Crippen molar-refractivity contribution in [2.45, 2.75) is 33.4 Å². The minimum atomic E-state index is -0.569. The van der Waals surface area contributed by atoms with Crippen LogP contribution in [-0.2, 0) is 11.1 Å². The van der Waals surface area contributed by atoms with Gasteiger partial charge in [-0.1, -0.05) is 44.2 Å². The molecule has 0 aromatic heterocycles. The molecule has 1 fully saturated rings. The standard InChI is InChI=1S/C14H23N2OP/c1-4-15(5-2)18-16(11-13(3)17-18)12-14-9-7-6-8-10-14/h6-10,13H,4-5,11-12H2,1-3H3/t13-,18?/m1/s1. The summed E-state index contributed by atoms with van der Waals surface area (Å²) in [6.07, 6.45) is 0.348. The van der Waals surface area contributed by atoms with Crippen LogP contribution in [0.4, 0.5) is 0 Å². The fourth-order valence-corrected chi connectivity index (χ4v) is 4.41. The Bertz CT molecular complexity index is 356. The monoisotopic (exact) mass is 266 g/mol. The maximum Gasteiger partial charge on any atom is 0.188 e. The lowest BCUT2D eigenvalue weighted by molar-refractivity contribution is 0.263. The number of rotatable bonds is 5. The molecule has 1 aliphatic heterocycles. The van der Waals surface area contributed by atoms with Crippen LogP contribution in [0.25, 0.3) is 0 Å². The lowest BCUT2D eigenvalue weighted by atomic mass is 10.2. The Morgan fingerprint density at radius 2 is 1.94 bits per heavy atom. The van der Waals surface area contributed by atoms with Gasteiger partial charge in [0.15, 0.2) is 8.45 Å². The molecule has 1 saturated heterocycles. The first-order valence-electron chi connectivity index (χ1n) is 6.75. The smallest absolute Gasteiger partial charge is 0.188 e. The zero-order valence-corrected chi connectivity index (χ0v) is 12.4. The number of nitrogens with zero attached hydrogens (tertiary/aromatic N) is 2. The van der Waals surface area contributed by atoms with E-state index in [0.29, 0.717) is 6.10 Å². The van der Waals surface area contributed by atoms with Crippen LogP contribution in [0.1, 0.15) is 26.3 Å². The predicted molar refractivity (Wildman–Crippen MR) is 77.2 cm³/mol. The van der Waals surface area contributed by atoms with Gasteiger partial charge in [0, 0.05) is 26.2 Å². The third-order valence-corrected chi connectivity index (χ3v) is 5.55. The SMILES string of the molecule is CCN(CC)P1O[C@H](C)CN1Cc1ccccc1. The third kappa shape index (κ3) is 3.30. The van der Waals surface area contributed by atoms with Crippen molar-refractivity contribution in [3.8, 4) is 0 Å². The van der Waals surface area contributed by atoms with E-state index in [1.165, 1.54) is 5.56 Å². The summed E-state index contributed by atoms with van der Waals surface area (Å²) < 4.78 is 11.0. The van der Waals surface area contributed by atoms with E-state index < -0.39 is 8.45 Å². The molecule has 2 atom stereocenters. The summed E-state index contributed by atoms with van der Waals surface area (Å²) in [5.41, 5.74) is 1.37. The van der Waals surface area contributed by atoms with Crippen LogP contribution in [-0.4, -0.2) is 35.1 Å². The molecule has 0 amide bonds. The second-order valence-electron chi connectivity index (χ2n) is 4.64. The van der Waals surface area contributed by atoms with Gasteiger partial charge < -0.3 is 4.52 Å². The van der Waals surface area contributed by atoms with Crippen LogP contribution in [0, 0.1) is 0 Å². The summed E-state index contributed by atoms with van der Waals surface area (Å²) in [6.45, 7) is 10.7. The van der Waals surface area contributed by atoms with E-state index >= 15 is 0 Å². The van der Waals surface area contributed by atoms with Crippen molar-refractivity contribution in [1.29, 1.82) is 0 Å². The Morgan fingerprint density at radius 3 is 2.56 bits per heavy atom. The number of benzene rings is 1. The molecule has 18 heavy (non-hydrogen) atoms. The van der Waals surface area contributed by atoms with E-state index in [1.807, 2.05) is 0 Å². The van der Waals surface area contributed by atoms with E-state index in [1.54, 1.807) is 0 Å². The van der Waals surface area contributed by atoms with Crippen LogP contribution in [0.5, 0.6) is 0 Å². The van der Waals surface area contributed by atoms with Crippen molar-refractivity contribution in [3.05, 3.63) is 35.9 Å². The highest BCUT2D eigenvalue weighted by Gasteiger charge is 2.34. The number of hydrogen-bond acceptors (Lipinski definition) is 3. The van der Waals surface area contributed by atoms with Gasteiger partial charge in [-0.2, -0.15) is 0 Å². The number of hydrogen-bond donors (Lipinski definition) is 0. The van der Waals surface area contributed by atoms with Crippen molar-refractivity contribution in [1.82, 2.24) is 9.34 Å². The molecule has 3 nitrogen and oxygen atoms in total. The Hall–Kier alpha value is -0.470. The quantitative estimate of drug-likeness (QED) is 0.759. The van der Waals surface area contributed by atoms with Gasteiger partial charge in [-0.3, -0.25) is 0 Å². The Balaban J connectivity index is 2.05. The molecule has 0 spiro atoms. The molecule has 0 radical (unpaired) electrons. The van der Waals surface area contributed by atoms with Crippen molar-refractivity contribution in [2.75, 3.05) is 19.6 Å². The topological polar surface area (TPSA) is 15.7 Å². The molecule has 1 heterocycles. The van der Waals surface area contributed by atoms with E-state index in [0.717, 1.165) is 26.2 Å². The molecule has 0 saturated carbocycles. The average Bonchev–Trinajstić information content (AvgIpc) is 2.73. The van der Waals surface area contributed by atoms with Gasteiger partial charge >= 0.3 is 0 Å². The van der Waals surface area contributed by atoms with Gasteiger partial charge in [0.05, 0.1) is 6.10 Å². The zero-order valence-electron chi connectivity index (χ0n) is 11.5. The lowest BCUT2D eigenvalue weighted by Crippen LogP contribution is -2.25. The van der Waals surface area contributed by atoms with Crippen LogP contribution in [0.15, 0.2) is 30.3 Å². The lowest BCUT2D eigenvalue weighted by Gasteiger charge is -2.30. The molecule has 1 unspecified atom stereocenters. The Morgan fingerprint density at radius 1 is 1.28 bits per heavy atom. The van der Waals surface area contributed by atoms with Crippen molar-refractivity contribution in [2.24, 2.45) is 0 Å². The highest BCUT2D eigenvalue weighted by atomic mass is 31.2. The Labute approximate surface area is 112 Å². The molecule has 1 aliphatic rings. The molecule has 0 N–H and O–H groups in total. The van der Waals surface area contributed by atoms with Crippen LogP contribution < -0.4 is 0 Å². The van der Waals surface area contributed by atoms with E-state index in [4.69, 9.17) is 4.52 Å². The first kappa shape index (κ1) is 14.0. The van der Waals surface area contributed by atoms with Gasteiger partial charge in [-0.05, 0) is 12.5 Å². The largest absolute Gasteiger partial charge is 0.327 e. The average molecular weight is 266 g/mol. The van der Waals surface area contributed by atoms with E-state index in [9.17, 15) is 0 Å². The molecular formula is C14H23N2OP. The van der Waals surface area contributed by atoms with Crippen molar-refractivity contribution < 1.29 is 4.52 Å². The maximum absolute atomic E-state index is 6.11. The summed E-state index contributed by atoms with van der Waals surface area (Å²) in [6, 6.07) is 10.7. The van der Waals surface area contributed by atoms with Gasteiger partial charge in [0.25, 0.3) is 0 Å². The molecule has 1 aromatic carbocycles. The van der Waals surface area contributed by atoms with Crippen molar-refractivity contribution >= 4 is 8.45 Å². The summed E-state index contributed by atoms with van der Waals surface area (Å²) in [5, 5.41) is 0. The maximum atomic E-state index is 6.11. The third-order valence-electron chi connectivity index (χ3n) is 3.16. The summed E-state index contributed by atoms with van der Waals surface area (Å²) in [7, 11) is -0.569. The highest BCUT2D eigenvalue weighted by molar-refractivity contribution is 7.47. The van der Waals surface area contributed by atoms with Gasteiger partial charge in [-0.15, -0.1) is 0 Å². The second-order valence-corrected chi connectivity index (χ2v) is 6.49. The molecular weight excluding hydrogens is 243 g/mol. The summed E-state index contributed by atoms with van der Waals surface area (Å²) in [4.78, 5) is 0. The minimum Gasteiger partial charge on any atom is -0.327 e. The first-order chi connectivity index (χ1) is 8.74. The van der Waals surface area contributed by atoms with E-state index in [-0.39, 0.29) is 0 Å². The fourth-order valence-electron chi connectivity index (χ4n) is 2.26. The normalized spacial score (nSPS) is 24.9. The van der Waals surface area contributed by atoms with Gasteiger partial charge in [-0.25, -0.2) is 9.34 Å². The van der Waals surface area contributed by atoms with E-state index in [2.05, 4.69) is 60.4 Å². The van der Waals surface area contributed by atoms with Gasteiger partial charge in [0.2, 0.25) is 0 Å². The molecule has 100 valence electrons. The second kappa shape index (κ2) is 6.63. The van der Waals surface area contributed by atoms with Gasteiger partial charge in [0.1, 0.15) is 0 Å². The molecule has 4 heteroatoms. The Kier molecular flexibility index (Phi) is 5.13. The summed E-state index contributed by atoms with van der Waals surface area (Å²) in [5.74, 6) is 0. The van der Waals surface area contributed by atoms with Crippen molar-refractivity contribution in [3.63, 3.8) is 0 Å². The minimum absolute atomic E-state index is 0.348.